The Bertz CT molecular complexity index is 501. The summed E-state index contributed by atoms with van der Waals surface area (Å²) in [5.41, 5.74) is 6.14. The van der Waals surface area contributed by atoms with Crippen molar-refractivity contribution in [2.24, 2.45) is 0 Å². The monoisotopic (exact) mass is 227 g/mol. The summed E-state index contributed by atoms with van der Waals surface area (Å²) in [6, 6.07) is 8.90. The highest BCUT2D eigenvalue weighted by Crippen LogP contribution is 2.27. The van der Waals surface area contributed by atoms with Crippen LogP contribution in [0.25, 0.3) is 11.1 Å². The zero-order valence-corrected chi connectivity index (χ0v) is 10.2. The van der Waals surface area contributed by atoms with Crippen molar-refractivity contribution in [3.63, 3.8) is 0 Å². The number of aromatic nitrogens is 2. The summed E-state index contributed by atoms with van der Waals surface area (Å²) < 4.78 is 0. The van der Waals surface area contributed by atoms with Gasteiger partial charge in [-0.15, -0.1) is 0 Å². The van der Waals surface area contributed by atoms with Crippen LogP contribution in [-0.2, 0) is 0 Å². The second-order valence-corrected chi connectivity index (χ2v) is 4.79. The first-order valence-electron chi connectivity index (χ1n) is 6.08. The fraction of sp³-hybridized carbons (Fsp3) is 0.357. The Kier molecular flexibility index (Phi) is 2.48. The first-order chi connectivity index (χ1) is 8.25. The van der Waals surface area contributed by atoms with Crippen LogP contribution in [0.1, 0.15) is 22.9 Å². The maximum Gasteiger partial charge on any atom is 0.0672 e. The van der Waals surface area contributed by atoms with Gasteiger partial charge in [-0.1, -0.05) is 24.3 Å². The average molecular weight is 227 g/mol. The van der Waals surface area contributed by atoms with Crippen LogP contribution in [0.3, 0.4) is 0 Å². The molecule has 3 heteroatoms. The van der Waals surface area contributed by atoms with Gasteiger partial charge in [0.15, 0.2) is 0 Å². The summed E-state index contributed by atoms with van der Waals surface area (Å²) in [7, 11) is 0. The van der Waals surface area contributed by atoms with Crippen molar-refractivity contribution in [1.29, 1.82) is 0 Å². The number of nitrogens with one attached hydrogen (secondary N) is 2. The van der Waals surface area contributed by atoms with E-state index in [4.69, 9.17) is 0 Å². The summed E-state index contributed by atoms with van der Waals surface area (Å²) in [6.07, 6.45) is 0. The number of hydrogen-bond donors (Lipinski definition) is 2. The third kappa shape index (κ3) is 1.76. The Morgan fingerprint density at radius 2 is 1.82 bits per heavy atom. The normalized spacial score (nSPS) is 15.9. The third-order valence-electron chi connectivity index (χ3n) is 3.58. The van der Waals surface area contributed by atoms with Crippen molar-refractivity contribution in [2.75, 3.05) is 13.1 Å². The first kappa shape index (κ1) is 10.5. The van der Waals surface area contributed by atoms with E-state index < -0.39 is 0 Å². The number of benzene rings is 1. The molecule has 88 valence electrons. The second kappa shape index (κ2) is 4.00. The molecule has 0 aliphatic carbocycles. The molecule has 0 amide bonds. The van der Waals surface area contributed by atoms with Crippen LogP contribution in [-0.4, -0.2) is 23.3 Å². The number of aromatic amines is 1. The van der Waals surface area contributed by atoms with E-state index in [0.29, 0.717) is 5.92 Å². The molecule has 3 rings (SSSR count). The number of aryl methyl sites for hydroxylation is 2. The van der Waals surface area contributed by atoms with Crippen molar-refractivity contribution in [1.82, 2.24) is 15.5 Å². The maximum atomic E-state index is 4.24. The minimum atomic E-state index is 0.704. The lowest BCUT2D eigenvalue weighted by Crippen LogP contribution is -2.39. The first-order valence-corrected chi connectivity index (χ1v) is 6.08. The fourth-order valence-corrected chi connectivity index (χ4v) is 2.42. The largest absolute Gasteiger partial charge is 0.315 e. The molecule has 1 fully saturated rings. The minimum absolute atomic E-state index is 0.704. The zero-order chi connectivity index (χ0) is 11.8. The molecule has 2 N–H and O–H groups in total. The summed E-state index contributed by atoms with van der Waals surface area (Å²) in [5, 5.41) is 10.6. The highest BCUT2D eigenvalue weighted by Gasteiger charge is 2.18. The van der Waals surface area contributed by atoms with Gasteiger partial charge in [-0.2, -0.15) is 5.10 Å². The molecule has 0 bridgehead atoms. The Morgan fingerprint density at radius 1 is 1.12 bits per heavy atom. The molecule has 2 aromatic rings. The second-order valence-electron chi connectivity index (χ2n) is 4.79. The highest BCUT2D eigenvalue weighted by molar-refractivity contribution is 5.68. The molecule has 0 atom stereocenters. The predicted molar refractivity (Wildman–Crippen MR) is 69.1 cm³/mol. The van der Waals surface area contributed by atoms with Gasteiger partial charge in [-0.05, 0) is 25.0 Å². The molecule has 1 aromatic carbocycles. The molecule has 1 saturated heterocycles. The molecule has 0 unspecified atom stereocenters. The van der Waals surface area contributed by atoms with E-state index in [1.807, 2.05) is 6.92 Å². The molecule has 0 spiro atoms. The van der Waals surface area contributed by atoms with Crippen molar-refractivity contribution in [3.8, 4) is 11.1 Å². The third-order valence-corrected chi connectivity index (χ3v) is 3.58. The average Bonchev–Trinajstić information content (AvgIpc) is 2.58. The molecule has 17 heavy (non-hydrogen) atoms. The van der Waals surface area contributed by atoms with Crippen LogP contribution in [0, 0.1) is 13.8 Å². The lowest BCUT2D eigenvalue weighted by molar-refractivity contribution is 0.448. The van der Waals surface area contributed by atoms with Crippen molar-refractivity contribution < 1.29 is 0 Å². The molecular formula is C14H17N3. The molecule has 1 aliphatic heterocycles. The summed E-state index contributed by atoms with van der Waals surface area (Å²) in [4.78, 5) is 0. The lowest BCUT2D eigenvalue weighted by atomic mass is 9.92. The quantitative estimate of drug-likeness (QED) is 0.827. The van der Waals surface area contributed by atoms with E-state index in [-0.39, 0.29) is 0 Å². The standard InChI is InChI=1S/C14H17N3/c1-9-14(10(2)17-16-9)12-5-3-11(4-6-12)13-7-15-8-13/h3-6,13,15H,7-8H2,1-2H3,(H,16,17). The van der Waals surface area contributed by atoms with Crippen LogP contribution < -0.4 is 5.32 Å². The van der Waals surface area contributed by atoms with E-state index in [2.05, 4.69) is 46.7 Å². The Morgan fingerprint density at radius 3 is 2.29 bits per heavy atom. The summed E-state index contributed by atoms with van der Waals surface area (Å²) in [6.45, 7) is 6.34. The number of H-pyrrole nitrogens is 1. The van der Waals surface area contributed by atoms with Crippen molar-refractivity contribution >= 4 is 0 Å². The van der Waals surface area contributed by atoms with Crippen molar-refractivity contribution in [2.45, 2.75) is 19.8 Å². The van der Waals surface area contributed by atoms with Gasteiger partial charge in [0.25, 0.3) is 0 Å². The van der Waals surface area contributed by atoms with Gasteiger partial charge in [0.1, 0.15) is 0 Å². The number of hydrogen-bond acceptors (Lipinski definition) is 2. The van der Waals surface area contributed by atoms with Crippen LogP contribution in [0.4, 0.5) is 0 Å². The number of nitrogens with zero attached hydrogens (tertiary/aromatic N) is 1. The zero-order valence-electron chi connectivity index (χ0n) is 10.2. The van der Waals surface area contributed by atoms with Gasteiger partial charge in [0.05, 0.1) is 5.69 Å². The van der Waals surface area contributed by atoms with Gasteiger partial charge in [-0.25, -0.2) is 0 Å². The molecule has 3 nitrogen and oxygen atoms in total. The SMILES string of the molecule is Cc1n[nH]c(C)c1-c1ccc(C2CNC2)cc1. The lowest BCUT2D eigenvalue weighted by Gasteiger charge is -2.27. The molecule has 2 heterocycles. The van der Waals surface area contributed by atoms with Crippen LogP contribution in [0.2, 0.25) is 0 Å². The Balaban J connectivity index is 1.94. The molecular weight excluding hydrogens is 210 g/mol. The Labute approximate surface area is 101 Å². The van der Waals surface area contributed by atoms with Gasteiger partial charge >= 0.3 is 0 Å². The van der Waals surface area contributed by atoms with E-state index >= 15 is 0 Å². The van der Waals surface area contributed by atoms with Crippen LogP contribution in [0.5, 0.6) is 0 Å². The van der Waals surface area contributed by atoms with E-state index in [1.165, 1.54) is 16.7 Å². The molecule has 0 radical (unpaired) electrons. The predicted octanol–water partition coefficient (Wildman–Crippen LogP) is 2.38. The smallest absolute Gasteiger partial charge is 0.0672 e. The van der Waals surface area contributed by atoms with E-state index in [1.54, 1.807) is 0 Å². The fourth-order valence-electron chi connectivity index (χ4n) is 2.42. The minimum Gasteiger partial charge on any atom is -0.315 e. The van der Waals surface area contributed by atoms with Gasteiger partial charge in [-0.3, -0.25) is 5.10 Å². The number of rotatable bonds is 2. The van der Waals surface area contributed by atoms with Gasteiger partial charge in [0, 0.05) is 30.3 Å². The highest BCUT2D eigenvalue weighted by atomic mass is 15.1. The summed E-state index contributed by atoms with van der Waals surface area (Å²) >= 11 is 0. The van der Waals surface area contributed by atoms with Crippen molar-refractivity contribution in [3.05, 3.63) is 41.2 Å². The maximum absolute atomic E-state index is 4.24. The topological polar surface area (TPSA) is 40.7 Å². The molecule has 1 aliphatic rings. The molecule has 1 aromatic heterocycles. The van der Waals surface area contributed by atoms with Gasteiger partial charge in [0.2, 0.25) is 0 Å². The summed E-state index contributed by atoms with van der Waals surface area (Å²) in [5.74, 6) is 0.704. The molecule has 0 saturated carbocycles. The van der Waals surface area contributed by atoms with Crippen LogP contribution >= 0.6 is 0 Å². The Hall–Kier alpha value is -1.61. The van der Waals surface area contributed by atoms with E-state index in [9.17, 15) is 0 Å². The van der Waals surface area contributed by atoms with Crippen LogP contribution in [0.15, 0.2) is 24.3 Å². The van der Waals surface area contributed by atoms with Gasteiger partial charge < -0.3 is 5.32 Å². The van der Waals surface area contributed by atoms with E-state index in [0.717, 1.165) is 24.5 Å².